The summed E-state index contributed by atoms with van der Waals surface area (Å²) in [7, 11) is 0. The van der Waals surface area contributed by atoms with Gasteiger partial charge in [-0.25, -0.2) is 0 Å². The van der Waals surface area contributed by atoms with Gasteiger partial charge in [-0.1, -0.05) is 12.1 Å². The van der Waals surface area contributed by atoms with Gasteiger partial charge in [-0.3, -0.25) is 4.79 Å². The Kier molecular flexibility index (Phi) is 4.40. The van der Waals surface area contributed by atoms with Gasteiger partial charge in [0.1, 0.15) is 0 Å². The minimum absolute atomic E-state index is 0.104. The topological polar surface area (TPSA) is 46.3 Å². The Bertz CT molecular complexity index is 434. The van der Waals surface area contributed by atoms with Crippen molar-refractivity contribution in [3.63, 3.8) is 0 Å². The number of rotatable bonds is 2. The summed E-state index contributed by atoms with van der Waals surface area (Å²) in [5.41, 5.74) is 6.69. The van der Waals surface area contributed by atoms with Crippen molar-refractivity contribution < 1.29 is 4.79 Å². The summed E-state index contributed by atoms with van der Waals surface area (Å²) in [6, 6.07) is 7.73. The molecule has 1 saturated heterocycles. The van der Waals surface area contributed by atoms with Crippen LogP contribution in [0, 0.1) is 5.92 Å². The van der Waals surface area contributed by atoms with E-state index >= 15 is 0 Å². The van der Waals surface area contributed by atoms with Gasteiger partial charge in [0.2, 0.25) is 0 Å². The van der Waals surface area contributed by atoms with E-state index < -0.39 is 0 Å². The molecule has 1 aromatic carbocycles. The van der Waals surface area contributed by atoms with Crippen molar-refractivity contribution in [3.8, 4) is 0 Å². The van der Waals surface area contributed by atoms with Crippen molar-refractivity contribution >= 4 is 21.8 Å². The Morgan fingerprint density at radius 3 is 2.89 bits per heavy atom. The molecule has 98 valence electrons. The van der Waals surface area contributed by atoms with Gasteiger partial charge >= 0.3 is 0 Å². The lowest BCUT2D eigenvalue weighted by Crippen LogP contribution is -2.45. The van der Waals surface area contributed by atoms with E-state index in [1.54, 1.807) is 0 Å². The van der Waals surface area contributed by atoms with E-state index in [9.17, 15) is 4.79 Å². The summed E-state index contributed by atoms with van der Waals surface area (Å²) >= 11 is 3.44. The van der Waals surface area contributed by atoms with E-state index in [0.717, 1.165) is 36.0 Å². The van der Waals surface area contributed by atoms with Crippen LogP contribution in [0.5, 0.6) is 0 Å². The van der Waals surface area contributed by atoms with Crippen molar-refractivity contribution in [2.45, 2.75) is 25.8 Å². The van der Waals surface area contributed by atoms with Gasteiger partial charge in [0, 0.05) is 23.6 Å². The second kappa shape index (κ2) is 5.85. The van der Waals surface area contributed by atoms with E-state index in [2.05, 4.69) is 15.9 Å². The number of piperidine rings is 1. The van der Waals surface area contributed by atoms with Crippen LogP contribution in [0.3, 0.4) is 0 Å². The Labute approximate surface area is 116 Å². The fourth-order valence-corrected chi connectivity index (χ4v) is 2.88. The zero-order chi connectivity index (χ0) is 13.1. The Balaban J connectivity index is 2.12. The zero-order valence-corrected chi connectivity index (χ0v) is 12.2. The van der Waals surface area contributed by atoms with Crippen molar-refractivity contribution in [3.05, 3.63) is 34.3 Å². The zero-order valence-electron chi connectivity index (χ0n) is 10.6. The van der Waals surface area contributed by atoms with Gasteiger partial charge in [0.15, 0.2) is 0 Å². The van der Waals surface area contributed by atoms with Crippen LogP contribution in [0.15, 0.2) is 28.7 Å². The molecular weight excluding hydrogens is 292 g/mol. The largest absolute Gasteiger partial charge is 0.338 e. The molecule has 0 saturated carbocycles. The normalized spacial score (nSPS) is 21.7. The molecule has 1 aromatic rings. The number of nitrogens with zero attached hydrogens (tertiary/aromatic N) is 1. The number of halogens is 1. The third-order valence-corrected chi connectivity index (χ3v) is 4.28. The van der Waals surface area contributed by atoms with Crippen LogP contribution < -0.4 is 5.73 Å². The maximum Gasteiger partial charge on any atom is 0.255 e. The maximum atomic E-state index is 12.4. The average Bonchev–Trinajstić information content (AvgIpc) is 2.38. The number of amides is 1. The Hall–Kier alpha value is -0.870. The number of hydrogen-bond acceptors (Lipinski definition) is 2. The number of nitrogens with two attached hydrogens (primary N) is 1. The summed E-state index contributed by atoms with van der Waals surface area (Å²) in [5.74, 6) is 0.526. The molecule has 0 spiro atoms. The summed E-state index contributed by atoms with van der Waals surface area (Å²) in [6.45, 7) is 3.64. The van der Waals surface area contributed by atoms with Crippen LogP contribution >= 0.6 is 15.9 Å². The van der Waals surface area contributed by atoms with E-state index in [1.807, 2.05) is 36.1 Å². The number of hydrogen-bond donors (Lipinski definition) is 1. The highest BCUT2D eigenvalue weighted by atomic mass is 79.9. The molecule has 1 heterocycles. The van der Waals surface area contributed by atoms with Crippen molar-refractivity contribution in [1.29, 1.82) is 0 Å². The second-order valence-electron chi connectivity index (χ2n) is 4.99. The predicted octanol–water partition coefficient (Wildman–Crippen LogP) is 2.65. The standard InChI is InChI=1S/C14H19BrN2O/c1-10(16)11-5-4-8-17(9-11)14(18)12-6-2-3-7-13(12)15/h2-3,6-7,10-11H,4-5,8-9,16H2,1H3/t10-,11+/m1/s1. The highest BCUT2D eigenvalue weighted by Crippen LogP contribution is 2.23. The van der Waals surface area contributed by atoms with Crippen LogP contribution in [0.2, 0.25) is 0 Å². The molecule has 3 nitrogen and oxygen atoms in total. The van der Waals surface area contributed by atoms with E-state index in [-0.39, 0.29) is 11.9 Å². The second-order valence-corrected chi connectivity index (χ2v) is 5.85. The van der Waals surface area contributed by atoms with Gasteiger partial charge in [0.25, 0.3) is 5.91 Å². The number of carbonyl (C=O) groups excluding carboxylic acids is 1. The number of benzene rings is 1. The Morgan fingerprint density at radius 2 is 2.22 bits per heavy atom. The molecule has 18 heavy (non-hydrogen) atoms. The number of carbonyl (C=O) groups is 1. The first-order valence-electron chi connectivity index (χ1n) is 6.39. The maximum absolute atomic E-state index is 12.4. The molecule has 1 aliphatic heterocycles. The predicted molar refractivity (Wildman–Crippen MR) is 76.4 cm³/mol. The summed E-state index contributed by atoms with van der Waals surface area (Å²) in [5, 5.41) is 0. The van der Waals surface area contributed by atoms with Gasteiger partial charge < -0.3 is 10.6 Å². The molecule has 2 N–H and O–H groups in total. The average molecular weight is 311 g/mol. The molecule has 1 fully saturated rings. The first kappa shape index (κ1) is 13.6. The lowest BCUT2D eigenvalue weighted by atomic mass is 9.92. The van der Waals surface area contributed by atoms with E-state index in [4.69, 9.17) is 5.73 Å². The molecule has 2 rings (SSSR count). The highest BCUT2D eigenvalue weighted by Gasteiger charge is 2.27. The smallest absolute Gasteiger partial charge is 0.255 e. The molecule has 0 bridgehead atoms. The molecule has 1 aliphatic rings. The van der Waals surface area contributed by atoms with Crippen molar-refractivity contribution in [2.75, 3.05) is 13.1 Å². The molecule has 1 amide bonds. The number of likely N-dealkylation sites (tertiary alicyclic amines) is 1. The molecule has 0 aromatic heterocycles. The first-order valence-corrected chi connectivity index (χ1v) is 7.18. The van der Waals surface area contributed by atoms with Gasteiger partial charge in [0.05, 0.1) is 5.56 Å². The fraction of sp³-hybridized carbons (Fsp3) is 0.500. The highest BCUT2D eigenvalue weighted by molar-refractivity contribution is 9.10. The summed E-state index contributed by atoms with van der Waals surface area (Å²) < 4.78 is 0.859. The third kappa shape index (κ3) is 2.93. The van der Waals surface area contributed by atoms with Crippen molar-refractivity contribution in [2.24, 2.45) is 11.7 Å². The van der Waals surface area contributed by atoms with Crippen LogP contribution in [0.1, 0.15) is 30.1 Å². The monoisotopic (exact) mass is 310 g/mol. The molecule has 2 atom stereocenters. The summed E-state index contributed by atoms with van der Waals surface area (Å²) in [4.78, 5) is 14.4. The molecule has 0 aliphatic carbocycles. The lowest BCUT2D eigenvalue weighted by Gasteiger charge is -2.34. The summed E-state index contributed by atoms with van der Waals surface area (Å²) in [6.07, 6.45) is 2.17. The van der Waals surface area contributed by atoms with Crippen LogP contribution in [0.25, 0.3) is 0 Å². The van der Waals surface area contributed by atoms with Crippen molar-refractivity contribution in [1.82, 2.24) is 4.90 Å². The van der Waals surface area contributed by atoms with E-state index in [1.165, 1.54) is 0 Å². The quantitative estimate of drug-likeness (QED) is 0.913. The van der Waals surface area contributed by atoms with Crippen LogP contribution in [-0.4, -0.2) is 29.9 Å². The lowest BCUT2D eigenvalue weighted by molar-refractivity contribution is 0.0660. The molecule has 0 radical (unpaired) electrons. The first-order chi connectivity index (χ1) is 8.59. The van der Waals surface area contributed by atoms with Gasteiger partial charge in [-0.15, -0.1) is 0 Å². The SMILES string of the molecule is C[C@@H](N)[C@H]1CCCN(C(=O)c2ccccc2Br)C1. The Morgan fingerprint density at radius 1 is 1.50 bits per heavy atom. The molecule has 4 heteroatoms. The minimum atomic E-state index is 0.104. The minimum Gasteiger partial charge on any atom is -0.338 e. The fourth-order valence-electron chi connectivity index (χ4n) is 2.43. The molecular formula is C14H19BrN2O. The third-order valence-electron chi connectivity index (χ3n) is 3.59. The van der Waals surface area contributed by atoms with Gasteiger partial charge in [-0.05, 0) is 53.7 Å². The molecule has 0 unspecified atom stereocenters. The van der Waals surface area contributed by atoms with E-state index in [0.29, 0.717) is 5.92 Å². The van der Waals surface area contributed by atoms with Gasteiger partial charge in [-0.2, -0.15) is 0 Å². The van der Waals surface area contributed by atoms with Crippen LogP contribution in [-0.2, 0) is 0 Å². The van der Waals surface area contributed by atoms with Crippen LogP contribution in [0.4, 0.5) is 0 Å².